The minimum Gasteiger partial charge on any atom is -0.475 e. The minimum absolute atomic E-state index is 0.0898. The summed E-state index contributed by atoms with van der Waals surface area (Å²) >= 11 is 0. The van der Waals surface area contributed by atoms with Crippen LogP contribution in [0.1, 0.15) is 28.2 Å². The molecule has 8 heteroatoms. The van der Waals surface area contributed by atoms with Gasteiger partial charge in [0.05, 0.1) is 12.4 Å². The van der Waals surface area contributed by atoms with Crippen LogP contribution in [0.15, 0.2) is 17.0 Å². The Balaban J connectivity index is 2.08. The molecule has 16 heavy (non-hydrogen) atoms. The van der Waals surface area contributed by atoms with E-state index in [2.05, 4.69) is 20.1 Å². The highest BCUT2D eigenvalue weighted by Crippen LogP contribution is 2.12. The molecular weight excluding hydrogens is 214 g/mol. The molecule has 0 bridgehead atoms. The fourth-order valence-electron chi connectivity index (χ4n) is 1.19. The second-order valence-electron chi connectivity index (χ2n) is 3.15. The van der Waals surface area contributed by atoms with Crippen molar-refractivity contribution in [1.82, 2.24) is 20.1 Å². The van der Waals surface area contributed by atoms with Gasteiger partial charge < -0.3 is 20.3 Å². The number of rotatable bonds is 4. The number of aromatic carboxylic acids is 1. The number of hydrogen-bond donors (Lipinski definition) is 3. The van der Waals surface area contributed by atoms with Gasteiger partial charge in [-0.05, 0) is 5.16 Å². The third kappa shape index (κ3) is 2.06. The molecule has 1 atom stereocenters. The predicted molar refractivity (Wildman–Crippen MR) is 50.5 cm³/mol. The number of carbonyl (C=O) groups is 1. The maximum absolute atomic E-state index is 10.5. The SMILES string of the molecule is NC(Cc1cnc[nH]1)c1nc(C(=O)O)no1. The number of imidazole rings is 1. The third-order valence-corrected chi connectivity index (χ3v) is 1.94. The van der Waals surface area contributed by atoms with Crippen LogP contribution in [0.2, 0.25) is 0 Å². The summed E-state index contributed by atoms with van der Waals surface area (Å²) in [6.45, 7) is 0. The van der Waals surface area contributed by atoms with Crippen LogP contribution in [-0.2, 0) is 6.42 Å². The molecule has 0 saturated heterocycles. The molecule has 0 aliphatic carbocycles. The summed E-state index contributed by atoms with van der Waals surface area (Å²) in [6.07, 6.45) is 3.56. The van der Waals surface area contributed by atoms with E-state index in [4.69, 9.17) is 15.4 Å². The molecule has 2 aromatic rings. The zero-order valence-electron chi connectivity index (χ0n) is 8.12. The molecule has 4 N–H and O–H groups in total. The van der Waals surface area contributed by atoms with Crippen molar-refractivity contribution in [2.24, 2.45) is 5.73 Å². The van der Waals surface area contributed by atoms with E-state index in [1.165, 1.54) is 6.33 Å². The van der Waals surface area contributed by atoms with E-state index in [0.29, 0.717) is 6.42 Å². The Morgan fingerprint density at radius 1 is 1.69 bits per heavy atom. The average Bonchev–Trinajstić information content (AvgIpc) is 2.86. The van der Waals surface area contributed by atoms with Crippen molar-refractivity contribution in [3.63, 3.8) is 0 Å². The first-order valence-electron chi connectivity index (χ1n) is 4.46. The van der Waals surface area contributed by atoms with Gasteiger partial charge in [-0.3, -0.25) is 0 Å². The fourth-order valence-corrected chi connectivity index (χ4v) is 1.19. The van der Waals surface area contributed by atoms with E-state index in [0.717, 1.165) is 5.69 Å². The van der Waals surface area contributed by atoms with Crippen molar-refractivity contribution in [1.29, 1.82) is 0 Å². The molecule has 0 aromatic carbocycles. The summed E-state index contributed by atoms with van der Waals surface area (Å²) in [5, 5.41) is 11.9. The van der Waals surface area contributed by atoms with Gasteiger partial charge in [-0.2, -0.15) is 4.98 Å². The lowest BCUT2D eigenvalue weighted by molar-refractivity contribution is 0.0680. The summed E-state index contributed by atoms with van der Waals surface area (Å²) in [7, 11) is 0. The number of aromatic amines is 1. The normalized spacial score (nSPS) is 12.6. The zero-order valence-corrected chi connectivity index (χ0v) is 8.12. The van der Waals surface area contributed by atoms with Crippen LogP contribution < -0.4 is 5.73 Å². The molecule has 2 heterocycles. The smallest absolute Gasteiger partial charge is 0.377 e. The molecule has 8 nitrogen and oxygen atoms in total. The lowest BCUT2D eigenvalue weighted by Crippen LogP contribution is -2.14. The first-order chi connectivity index (χ1) is 7.66. The van der Waals surface area contributed by atoms with Gasteiger partial charge >= 0.3 is 5.97 Å². The second kappa shape index (κ2) is 4.11. The fraction of sp³-hybridized carbons (Fsp3) is 0.250. The van der Waals surface area contributed by atoms with E-state index in [1.54, 1.807) is 6.20 Å². The number of H-pyrrole nitrogens is 1. The summed E-state index contributed by atoms with van der Waals surface area (Å²) in [5.74, 6) is -1.55. The molecule has 0 saturated carbocycles. The number of nitrogens with two attached hydrogens (primary N) is 1. The Labute approximate surface area is 89.5 Å². The van der Waals surface area contributed by atoms with Gasteiger partial charge in [-0.15, -0.1) is 0 Å². The number of nitrogens with zero attached hydrogens (tertiary/aromatic N) is 3. The quantitative estimate of drug-likeness (QED) is 0.650. The van der Waals surface area contributed by atoms with Gasteiger partial charge in [0.1, 0.15) is 0 Å². The molecule has 0 fully saturated rings. The monoisotopic (exact) mass is 223 g/mol. The van der Waals surface area contributed by atoms with Crippen LogP contribution in [0.25, 0.3) is 0 Å². The lowest BCUT2D eigenvalue weighted by atomic mass is 10.2. The molecule has 0 spiro atoms. The molecule has 0 aliphatic rings. The van der Waals surface area contributed by atoms with E-state index >= 15 is 0 Å². The summed E-state index contributed by atoms with van der Waals surface area (Å²) in [4.78, 5) is 20.9. The molecule has 1 unspecified atom stereocenters. The Morgan fingerprint density at radius 2 is 2.50 bits per heavy atom. The van der Waals surface area contributed by atoms with Crippen LogP contribution in [0.4, 0.5) is 0 Å². The molecule has 2 rings (SSSR count). The molecule has 0 amide bonds. The summed E-state index contributed by atoms with van der Waals surface area (Å²) in [5.41, 5.74) is 6.57. The number of carboxylic acid groups (broad SMARTS) is 1. The van der Waals surface area contributed by atoms with Gasteiger partial charge in [-0.25, -0.2) is 9.78 Å². The van der Waals surface area contributed by atoms with Crippen molar-refractivity contribution in [2.45, 2.75) is 12.5 Å². The van der Waals surface area contributed by atoms with Gasteiger partial charge in [0.2, 0.25) is 5.89 Å². The highest BCUT2D eigenvalue weighted by molar-refractivity contribution is 5.82. The van der Waals surface area contributed by atoms with Crippen molar-refractivity contribution in [2.75, 3.05) is 0 Å². The van der Waals surface area contributed by atoms with Crippen molar-refractivity contribution >= 4 is 5.97 Å². The zero-order chi connectivity index (χ0) is 11.5. The molecule has 2 aromatic heterocycles. The average molecular weight is 223 g/mol. The maximum Gasteiger partial charge on any atom is 0.377 e. The van der Waals surface area contributed by atoms with Gasteiger partial charge in [-0.1, -0.05) is 0 Å². The summed E-state index contributed by atoms with van der Waals surface area (Å²) in [6, 6.07) is -0.555. The molecular formula is C8H9N5O3. The largest absolute Gasteiger partial charge is 0.475 e. The lowest BCUT2D eigenvalue weighted by Gasteiger charge is -2.03. The van der Waals surface area contributed by atoms with E-state index in [9.17, 15) is 4.79 Å². The summed E-state index contributed by atoms with van der Waals surface area (Å²) < 4.78 is 4.74. The first kappa shape index (κ1) is 10.3. The van der Waals surface area contributed by atoms with E-state index in [1.807, 2.05) is 0 Å². The second-order valence-corrected chi connectivity index (χ2v) is 3.15. The van der Waals surface area contributed by atoms with Gasteiger partial charge in [0.15, 0.2) is 0 Å². The number of hydrogen-bond acceptors (Lipinski definition) is 6. The van der Waals surface area contributed by atoms with Crippen molar-refractivity contribution < 1.29 is 14.4 Å². The van der Waals surface area contributed by atoms with E-state index in [-0.39, 0.29) is 5.89 Å². The Morgan fingerprint density at radius 3 is 3.06 bits per heavy atom. The van der Waals surface area contributed by atoms with Crippen LogP contribution in [0.5, 0.6) is 0 Å². The third-order valence-electron chi connectivity index (χ3n) is 1.94. The maximum atomic E-state index is 10.5. The van der Waals surface area contributed by atoms with Crippen molar-refractivity contribution in [3.05, 3.63) is 29.9 Å². The Bertz CT molecular complexity index is 478. The van der Waals surface area contributed by atoms with Crippen molar-refractivity contribution in [3.8, 4) is 0 Å². The van der Waals surface area contributed by atoms with Crippen LogP contribution in [-0.4, -0.2) is 31.2 Å². The van der Waals surface area contributed by atoms with E-state index < -0.39 is 17.8 Å². The highest BCUT2D eigenvalue weighted by Gasteiger charge is 2.18. The standard InChI is InChI=1S/C8H9N5O3/c9-5(1-4-2-10-3-11-4)7-12-6(8(14)15)13-16-7/h2-3,5H,1,9H2,(H,10,11)(H,14,15). The molecule has 0 aliphatic heterocycles. The number of aromatic nitrogens is 4. The number of nitrogens with one attached hydrogen (secondary N) is 1. The molecule has 0 radical (unpaired) electrons. The number of carboxylic acids is 1. The topological polar surface area (TPSA) is 131 Å². The van der Waals surface area contributed by atoms with Gasteiger partial charge in [0.25, 0.3) is 5.82 Å². The highest BCUT2D eigenvalue weighted by atomic mass is 16.5. The Hall–Kier alpha value is -2.22. The van der Waals surface area contributed by atoms with Crippen LogP contribution in [0.3, 0.4) is 0 Å². The first-order valence-corrected chi connectivity index (χ1v) is 4.46. The van der Waals surface area contributed by atoms with Crippen LogP contribution >= 0.6 is 0 Å². The Kier molecular flexibility index (Phi) is 2.64. The molecule has 84 valence electrons. The van der Waals surface area contributed by atoms with Crippen LogP contribution in [0, 0.1) is 0 Å². The predicted octanol–water partition coefficient (Wildman–Crippen LogP) is -0.267. The minimum atomic E-state index is -1.25. The van der Waals surface area contributed by atoms with Gasteiger partial charge in [0, 0.05) is 18.3 Å².